The molecule has 1 aliphatic rings. The highest BCUT2D eigenvalue weighted by Crippen LogP contribution is 2.33. The van der Waals surface area contributed by atoms with Gasteiger partial charge in [-0.25, -0.2) is 4.98 Å². The quantitative estimate of drug-likeness (QED) is 0.232. The zero-order valence-electron chi connectivity index (χ0n) is 21.7. The van der Waals surface area contributed by atoms with Crippen molar-refractivity contribution in [3.05, 3.63) is 97.0 Å². The van der Waals surface area contributed by atoms with Gasteiger partial charge < -0.3 is 4.98 Å². The van der Waals surface area contributed by atoms with Crippen molar-refractivity contribution in [3.8, 4) is 22.5 Å². The molecule has 0 spiro atoms. The maximum atomic E-state index is 5.08. The number of nitrogens with one attached hydrogen (secondary N) is 2. The molecule has 1 fully saturated rings. The highest BCUT2D eigenvalue weighted by Gasteiger charge is 2.16. The Labute approximate surface area is 222 Å². The van der Waals surface area contributed by atoms with Crippen LogP contribution in [-0.4, -0.2) is 49.7 Å². The molecular formula is C32H32N6. The zero-order chi connectivity index (χ0) is 25.9. The number of hydrogen-bond donors (Lipinski definition) is 2. The molecule has 4 aromatic heterocycles. The predicted molar refractivity (Wildman–Crippen MR) is 157 cm³/mol. The number of fused-ring (bicyclic) bond motifs is 2. The highest BCUT2D eigenvalue weighted by atomic mass is 15.1. The van der Waals surface area contributed by atoms with E-state index in [1.165, 1.54) is 24.8 Å². The van der Waals surface area contributed by atoms with Gasteiger partial charge in [0.15, 0.2) is 0 Å². The lowest BCUT2D eigenvalue weighted by Crippen LogP contribution is -2.31. The number of nitrogens with zero attached hydrogens (tertiary/aromatic N) is 4. The van der Waals surface area contributed by atoms with Crippen molar-refractivity contribution < 1.29 is 0 Å². The van der Waals surface area contributed by atoms with E-state index in [1.54, 1.807) is 6.20 Å². The Morgan fingerprint density at radius 3 is 2.74 bits per heavy atom. The fraction of sp³-hybridized carbons (Fsp3) is 0.219. The monoisotopic (exact) mass is 500 g/mol. The van der Waals surface area contributed by atoms with Crippen LogP contribution in [0.1, 0.15) is 31.9 Å². The summed E-state index contributed by atoms with van der Waals surface area (Å²) in [6, 6.07) is 16.6. The second kappa shape index (κ2) is 10.6. The number of H-pyrrole nitrogens is 2. The molecule has 2 N–H and O–H groups in total. The minimum absolute atomic E-state index is 0.812. The molecule has 5 heterocycles. The van der Waals surface area contributed by atoms with Gasteiger partial charge in [0, 0.05) is 35.4 Å². The van der Waals surface area contributed by atoms with E-state index >= 15 is 0 Å². The molecule has 6 heteroatoms. The Bertz CT molecular complexity index is 1650. The molecule has 0 unspecified atom stereocenters. The van der Waals surface area contributed by atoms with E-state index in [9.17, 15) is 0 Å². The first-order valence-electron chi connectivity index (χ1n) is 13.3. The Morgan fingerprint density at radius 1 is 1.05 bits per heavy atom. The van der Waals surface area contributed by atoms with Crippen LogP contribution in [0.2, 0.25) is 0 Å². The number of pyridine rings is 2. The number of piperidine rings is 1. The van der Waals surface area contributed by atoms with Crippen molar-refractivity contribution in [1.29, 1.82) is 0 Å². The summed E-state index contributed by atoms with van der Waals surface area (Å²) in [6.07, 6.45) is 13.9. The third-order valence-corrected chi connectivity index (χ3v) is 7.36. The molecule has 190 valence electrons. The number of likely N-dealkylation sites (tertiary alicyclic amines) is 1. The summed E-state index contributed by atoms with van der Waals surface area (Å²) in [6.45, 7) is 9.39. The normalized spacial score (nSPS) is 15.4. The third-order valence-electron chi connectivity index (χ3n) is 7.36. The SMILES string of the molecule is C=C/C(=C\C(=C/C)c1ccc2[nH]nc(-c3cc4c(-c5cccnc5)cccc4[nH]3)c2n1)CN1CCCCC1. The second-order valence-corrected chi connectivity index (χ2v) is 9.86. The lowest BCUT2D eigenvalue weighted by atomic mass is 10.0. The number of aromatic nitrogens is 5. The number of hydrogen-bond acceptors (Lipinski definition) is 4. The Kier molecular flexibility index (Phi) is 6.71. The summed E-state index contributed by atoms with van der Waals surface area (Å²) in [4.78, 5) is 15.5. The summed E-state index contributed by atoms with van der Waals surface area (Å²) in [5, 5.41) is 8.96. The highest BCUT2D eigenvalue weighted by molar-refractivity contribution is 6.00. The third kappa shape index (κ3) is 4.71. The van der Waals surface area contributed by atoms with Crippen molar-refractivity contribution in [2.45, 2.75) is 26.2 Å². The molecule has 6 nitrogen and oxygen atoms in total. The van der Waals surface area contributed by atoms with Gasteiger partial charge in [-0.15, -0.1) is 0 Å². The smallest absolute Gasteiger partial charge is 0.135 e. The van der Waals surface area contributed by atoms with Crippen molar-refractivity contribution in [1.82, 2.24) is 30.0 Å². The Balaban J connectivity index is 1.36. The van der Waals surface area contributed by atoms with Gasteiger partial charge >= 0.3 is 0 Å². The van der Waals surface area contributed by atoms with Crippen LogP contribution in [0.5, 0.6) is 0 Å². The van der Waals surface area contributed by atoms with E-state index in [1.807, 2.05) is 18.3 Å². The standard InChI is InChI=1S/C32H32N6/c1-3-22(21-38-16-6-5-7-17-38)18-23(4-2)27-13-14-29-31(35-27)32(37-36-29)30-19-26-25(11-8-12-28(26)34-30)24-10-9-15-33-20-24/h3-4,8-15,18-20,34H,1,5-7,16-17,21H2,2H3,(H,36,37)/b22-18+,23-4+. The van der Waals surface area contributed by atoms with Crippen LogP contribution in [0.25, 0.3) is 50.0 Å². The molecule has 38 heavy (non-hydrogen) atoms. The minimum atomic E-state index is 0.812. The van der Waals surface area contributed by atoms with E-state index in [4.69, 9.17) is 4.98 Å². The van der Waals surface area contributed by atoms with Gasteiger partial charge in [-0.3, -0.25) is 15.0 Å². The van der Waals surface area contributed by atoms with Crippen LogP contribution in [0.4, 0.5) is 0 Å². The van der Waals surface area contributed by atoms with Crippen LogP contribution < -0.4 is 0 Å². The summed E-state index contributed by atoms with van der Waals surface area (Å²) >= 11 is 0. The maximum Gasteiger partial charge on any atom is 0.135 e. The van der Waals surface area contributed by atoms with Crippen LogP contribution >= 0.6 is 0 Å². The average Bonchev–Trinajstić information content (AvgIpc) is 3.60. The number of allylic oxidation sites excluding steroid dienone is 3. The average molecular weight is 501 g/mol. The molecule has 6 rings (SSSR count). The lowest BCUT2D eigenvalue weighted by molar-refractivity contribution is 0.248. The molecule has 1 saturated heterocycles. The summed E-state index contributed by atoms with van der Waals surface area (Å²) in [5.74, 6) is 0. The molecule has 0 saturated carbocycles. The van der Waals surface area contributed by atoms with E-state index in [0.717, 1.165) is 75.4 Å². The van der Waals surface area contributed by atoms with Crippen LogP contribution in [-0.2, 0) is 0 Å². The first kappa shape index (κ1) is 24.1. The van der Waals surface area contributed by atoms with Crippen LogP contribution in [0, 0.1) is 0 Å². The van der Waals surface area contributed by atoms with Gasteiger partial charge in [-0.2, -0.15) is 5.10 Å². The van der Waals surface area contributed by atoms with E-state index < -0.39 is 0 Å². The van der Waals surface area contributed by atoms with Gasteiger partial charge in [0.25, 0.3) is 0 Å². The Hall–Kier alpha value is -4.29. The second-order valence-electron chi connectivity index (χ2n) is 9.86. The first-order chi connectivity index (χ1) is 18.7. The molecule has 0 radical (unpaired) electrons. The number of aromatic amines is 2. The number of benzene rings is 1. The molecule has 0 bridgehead atoms. The van der Waals surface area contributed by atoms with E-state index in [0.29, 0.717) is 0 Å². The fourth-order valence-electron chi connectivity index (χ4n) is 5.35. The van der Waals surface area contributed by atoms with Crippen molar-refractivity contribution >= 4 is 27.5 Å². The van der Waals surface area contributed by atoms with Crippen LogP contribution in [0.3, 0.4) is 0 Å². The van der Waals surface area contributed by atoms with Gasteiger partial charge in [0.2, 0.25) is 0 Å². The molecule has 0 atom stereocenters. The van der Waals surface area contributed by atoms with Gasteiger partial charge in [0.1, 0.15) is 11.2 Å². The van der Waals surface area contributed by atoms with Crippen molar-refractivity contribution in [3.63, 3.8) is 0 Å². The molecule has 1 aliphatic heterocycles. The fourth-order valence-corrected chi connectivity index (χ4v) is 5.35. The summed E-state index contributed by atoms with van der Waals surface area (Å²) in [5.41, 5.74) is 10.0. The minimum Gasteiger partial charge on any atom is -0.353 e. The van der Waals surface area contributed by atoms with E-state index in [-0.39, 0.29) is 0 Å². The zero-order valence-corrected chi connectivity index (χ0v) is 21.7. The van der Waals surface area contributed by atoms with Crippen molar-refractivity contribution in [2.24, 2.45) is 0 Å². The summed E-state index contributed by atoms with van der Waals surface area (Å²) < 4.78 is 0. The van der Waals surface area contributed by atoms with Gasteiger partial charge in [-0.05, 0) is 86.0 Å². The topological polar surface area (TPSA) is 73.5 Å². The van der Waals surface area contributed by atoms with E-state index in [2.05, 4.69) is 93.2 Å². The molecule has 5 aromatic rings. The summed E-state index contributed by atoms with van der Waals surface area (Å²) in [7, 11) is 0. The predicted octanol–water partition coefficient (Wildman–Crippen LogP) is 7.17. The van der Waals surface area contributed by atoms with Gasteiger partial charge in [-0.1, -0.05) is 43.4 Å². The molecule has 0 aliphatic carbocycles. The lowest BCUT2D eigenvalue weighted by Gasteiger charge is -2.26. The molecular weight excluding hydrogens is 468 g/mol. The molecule has 1 aromatic carbocycles. The molecule has 0 amide bonds. The maximum absolute atomic E-state index is 5.08. The van der Waals surface area contributed by atoms with Gasteiger partial charge in [0.05, 0.1) is 16.9 Å². The van der Waals surface area contributed by atoms with Crippen LogP contribution in [0.15, 0.2) is 91.3 Å². The first-order valence-corrected chi connectivity index (χ1v) is 13.3. The Morgan fingerprint density at radius 2 is 1.95 bits per heavy atom. The largest absolute Gasteiger partial charge is 0.353 e. The van der Waals surface area contributed by atoms with Crippen molar-refractivity contribution in [2.75, 3.05) is 19.6 Å². The number of rotatable bonds is 7.